The number of hydrogen-bond acceptors (Lipinski definition) is 1. The number of nitrogens with one attached hydrogen (secondary N) is 1. The third-order valence-corrected chi connectivity index (χ3v) is 0.643. The molecule has 0 aromatic carbocycles. The highest BCUT2D eigenvalue weighted by Gasteiger charge is 1.82. The second-order valence-electron chi connectivity index (χ2n) is 1.31. The maximum absolute atomic E-state index is 10.4. The fourth-order valence-electron chi connectivity index (χ4n) is 0.257. The molecule has 2 nitrogen and oxygen atoms in total. The summed E-state index contributed by atoms with van der Waals surface area (Å²) in [5.74, 6) is -0.215. The van der Waals surface area contributed by atoms with Gasteiger partial charge in [0.2, 0.25) is 5.91 Å². The molecular formula is C7H9NO. The zero-order chi connectivity index (χ0) is 7.11. The molecule has 0 atom stereocenters. The van der Waals surface area contributed by atoms with Crippen molar-refractivity contribution in [1.82, 2.24) is 5.32 Å². The maximum Gasteiger partial charge on any atom is 0.247 e. The Morgan fingerprint density at radius 2 is 2.11 bits per heavy atom. The van der Waals surface area contributed by atoms with Crippen LogP contribution in [-0.4, -0.2) is 5.91 Å². The van der Waals surface area contributed by atoms with Crippen molar-refractivity contribution in [3.05, 3.63) is 37.6 Å². The van der Waals surface area contributed by atoms with Crippen LogP contribution in [0.15, 0.2) is 37.6 Å². The van der Waals surface area contributed by atoms with Crippen LogP contribution in [-0.2, 0) is 4.79 Å². The molecule has 0 fully saturated rings. The Bertz CT molecular complexity index is 147. The Kier molecular flexibility index (Phi) is 4.14. The first-order chi connectivity index (χ1) is 4.31. The van der Waals surface area contributed by atoms with Crippen molar-refractivity contribution in [2.45, 2.75) is 0 Å². The lowest BCUT2D eigenvalue weighted by Crippen LogP contribution is -2.12. The number of rotatable bonds is 3. The van der Waals surface area contributed by atoms with Gasteiger partial charge in [-0.2, -0.15) is 0 Å². The molecule has 1 amide bonds. The van der Waals surface area contributed by atoms with Gasteiger partial charge in [0.25, 0.3) is 0 Å². The lowest BCUT2D eigenvalue weighted by molar-refractivity contribution is -0.115. The summed E-state index contributed by atoms with van der Waals surface area (Å²) in [6.45, 7) is 6.69. The molecular weight excluding hydrogens is 114 g/mol. The Morgan fingerprint density at radius 3 is 2.56 bits per heavy atom. The van der Waals surface area contributed by atoms with Crippen LogP contribution >= 0.6 is 0 Å². The lowest BCUT2D eigenvalue weighted by atomic mass is 10.5. The van der Waals surface area contributed by atoms with Crippen molar-refractivity contribution in [3.63, 3.8) is 0 Å². The minimum absolute atomic E-state index is 0.215. The van der Waals surface area contributed by atoms with E-state index in [9.17, 15) is 4.79 Å². The summed E-state index contributed by atoms with van der Waals surface area (Å²) >= 11 is 0. The van der Waals surface area contributed by atoms with Gasteiger partial charge in [-0.3, -0.25) is 4.79 Å². The molecule has 0 unspecified atom stereocenters. The third-order valence-electron chi connectivity index (χ3n) is 0.643. The van der Waals surface area contributed by atoms with Gasteiger partial charge in [-0.05, 0) is 12.2 Å². The number of amides is 1. The molecule has 48 valence electrons. The van der Waals surface area contributed by atoms with Crippen LogP contribution in [0.5, 0.6) is 0 Å². The summed E-state index contributed by atoms with van der Waals surface area (Å²) in [6.07, 6.45) is 5.90. The van der Waals surface area contributed by atoms with Crippen LogP contribution in [0, 0.1) is 0 Å². The normalized spacial score (nSPS) is 8.89. The Hall–Kier alpha value is -1.31. The molecule has 1 N–H and O–H groups in total. The Labute approximate surface area is 54.6 Å². The average molecular weight is 123 g/mol. The van der Waals surface area contributed by atoms with Gasteiger partial charge in [0.05, 0.1) is 0 Å². The summed E-state index contributed by atoms with van der Waals surface area (Å²) in [4.78, 5) is 10.4. The Morgan fingerprint density at radius 1 is 1.44 bits per heavy atom. The fourth-order valence-corrected chi connectivity index (χ4v) is 0.257. The van der Waals surface area contributed by atoms with E-state index in [1.54, 1.807) is 12.2 Å². The van der Waals surface area contributed by atoms with E-state index in [1.165, 1.54) is 12.3 Å². The van der Waals surface area contributed by atoms with Gasteiger partial charge in [-0.25, -0.2) is 0 Å². The summed E-state index contributed by atoms with van der Waals surface area (Å²) in [5.41, 5.74) is 0. The molecule has 0 rings (SSSR count). The van der Waals surface area contributed by atoms with Gasteiger partial charge < -0.3 is 5.32 Å². The van der Waals surface area contributed by atoms with Crippen LogP contribution in [0.1, 0.15) is 0 Å². The van der Waals surface area contributed by atoms with Crippen molar-refractivity contribution in [2.75, 3.05) is 0 Å². The van der Waals surface area contributed by atoms with E-state index in [4.69, 9.17) is 0 Å². The molecule has 0 spiro atoms. The van der Waals surface area contributed by atoms with E-state index in [0.717, 1.165) is 0 Å². The predicted molar refractivity (Wildman–Crippen MR) is 37.7 cm³/mol. The molecule has 0 aliphatic heterocycles. The SMILES string of the molecule is C=C/C=C\NC(=O)C=C. The maximum atomic E-state index is 10.4. The molecule has 0 bridgehead atoms. The molecule has 0 aromatic rings. The van der Waals surface area contributed by atoms with Gasteiger partial charge in [0, 0.05) is 6.20 Å². The van der Waals surface area contributed by atoms with E-state index >= 15 is 0 Å². The van der Waals surface area contributed by atoms with E-state index in [1.807, 2.05) is 0 Å². The third kappa shape index (κ3) is 4.55. The summed E-state index contributed by atoms with van der Waals surface area (Å²) in [7, 11) is 0. The molecule has 0 saturated carbocycles. The molecule has 0 saturated heterocycles. The van der Waals surface area contributed by atoms with Crippen LogP contribution < -0.4 is 5.32 Å². The first kappa shape index (κ1) is 7.69. The monoisotopic (exact) mass is 123 g/mol. The molecule has 0 aliphatic rings. The zero-order valence-electron chi connectivity index (χ0n) is 5.13. The van der Waals surface area contributed by atoms with E-state index in [2.05, 4.69) is 18.5 Å². The molecule has 2 heteroatoms. The average Bonchev–Trinajstić information content (AvgIpc) is 1.89. The minimum atomic E-state index is -0.215. The quantitative estimate of drug-likeness (QED) is 0.440. The summed E-state index contributed by atoms with van der Waals surface area (Å²) < 4.78 is 0. The van der Waals surface area contributed by atoms with Gasteiger partial charge in [0.1, 0.15) is 0 Å². The smallest absolute Gasteiger partial charge is 0.247 e. The fraction of sp³-hybridized carbons (Fsp3) is 0. The molecule has 0 aliphatic carbocycles. The van der Waals surface area contributed by atoms with Crippen molar-refractivity contribution < 1.29 is 4.79 Å². The number of carbonyl (C=O) groups excluding carboxylic acids is 1. The second-order valence-corrected chi connectivity index (χ2v) is 1.31. The van der Waals surface area contributed by atoms with Crippen LogP contribution in [0.4, 0.5) is 0 Å². The number of carbonyl (C=O) groups is 1. The minimum Gasteiger partial charge on any atom is -0.329 e. The standard InChI is InChI=1S/C7H9NO/c1-3-5-6-8-7(9)4-2/h3-6H,1-2H2,(H,8,9)/b6-5-. The molecule has 0 radical (unpaired) electrons. The van der Waals surface area contributed by atoms with Crippen LogP contribution in [0.2, 0.25) is 0 Å². The Balaban J connectivity index is 3.49. The van der Waals surface area contributed by atoms with Crippen LogP contribution in [0.25, 0.3) is 0 Å². The topological polar surface area (TPSA) is 29.1 Å². The van der Waals surface area contributed by atoms with Crippen molar-refractivity contribution in [1.29, 1.82) is 0 Å². The van der Waals surface area contributed by atoms with E-state index in [0.29, 0.717) is 0 Å². The summed E-state index contributed by atoms with van der Waals surface area (Å²) in [6, 6.07) is 0. The van der Waals surface area contributed by atoms with E-state index in [-0.39, 0.29) is 5.91 Å². The molecule has 0 aromatic heterocycles. The molecule has 0 heterocycles. The van der Waals surface area contributed by atoms with E-state index < -0.39 is 0 Å². The predicted octanol–water partition coefficient (Wildman–Crippen LogP) is 0.988. The first-order valence-electron chi connectivity index (χ1n) is 2.51. The second kappa shape index (κ2) is 4.84. The highest BCUT2D eigenvalue weighted by Crippen LogP contribution is 1.69. The van der Waals surface area contributed by atoms with Crippen LogP contribution in [0.3, 0.4) is 0 Å². The van der Waals surface area contributed by atoms with Gasteiger partial charge in [-0.1, -0.05) is 19.2 Å². The first-order valence-corrected chi connectivity index (χ1v) is 2.51. The number of hydrogen-bond donors (Lipinski definition) is 1. The molecule has 9 heavy (non-hydrogen) atoms. The lowest BCUT2D eigenvalue weighted by Gasteiger charge is -1.87. The van der Waals surface area contributed by atoms with Crippen molar-refractivity contribution >= 4 is 5.91 Å². The summed E-state index contributed by atoms with van der Waals surface area (Å²) in [5, 5.41) is 2.42. The van der Waals surface area contributed by atoms with Crippen molar-refractivity contribution in [3.8, 4) is 0 Å². The van der Waals surface area contributed by atoms with Gasteiger partial charge >= 0.3 is 0 Å². The van der Waals surface area contributed by atoms with Crippen molar-refractivity contribution in [2.24, 2.45) is 0 Å². The highest BCUT2D eigenvalue weighted by molar-refractivity contribution is 5.87. The largest absolute Gasteiger partial charge is 0.329 e. The zero-order valence-corrected chi connectivity index (χ0v) is 5.13. The highest BCUT2D eigenvalue weighted by atomic mass is 16.1. The number of allylic oxidation sites excluding steroid dienone is 2. The van der Waals surface area contributed by atoms with Gasteiger partial charge in [-0.15, -0.1) is 0 Å². The van der Waals surface area contributed by atoms with Gasteiger partial charge in [0.15, 0.2) is 0 Å².